The minimum atomic E-state index is 0.251. The van der Waals surface area contributed by atoms with Gasteiger partial charge in [0.2, 0.25) is 0 Å². The fourth-order valence-corrected chi connectivity index (χ4v) is 2.11. The average Bonchev–Trinajstić information content (AvgIpc) is 2.31. The lowest BCUT2D eigenvalue weighted by atomic mass is 10.2. The van der Waals surface area contributed by atoms with Crippen LogP contribution < -0.4 is 10.1 Å². The van der Waals surface area contributed by atoms with E-state index in [1.54, 1.807) is 0 Å². The maximum absolute atomic E-state index is 6.01. The fraction of sp³-hybridized carbons (Fsp3) is 0.571. The lowest BCUT2D eigenvalue weighted by Crippen LogP contribution is -2.31. The summed E-state index contributed by atoms with van der Waals surface area (Å²) in [6, 6.07) is 6.14. The summed E-state index contributed by atoms with van der Waals surface area (Å²) in [5.74, 6) is 0.985. The van der Waals surface area contributed by atoms with Gasteiger partial charge < -0.3 is 10.1 Å². The molecule has 96 valence electrons. The third-order valence-electron chi connectivity index (χ3n) is 2.68. The van der Waals surface area contributed by atoms with E-state index in [4.69, 9.17) is 4.74 Å². The Labute approximate surface area is 113 Å². The van der Waals surface area contributed by atoms with E-state index in [1.807, 2.05) is 12.1 Å². The van der Waals surface area contributed by atoms with Crippen LogP contribution in [0.15, 0.2) is 22.7 Å². The van der Waals surface area contributed by atoms with Crippen LogP contribution in [-0.2, 0) is 0 Å². The molecule has 0 aliphatic rings. The molecule has 0 amide bonds. The van der Waals surface area contributed by atoms with Crippen molar-refractivity contribution >= 4 is 15.9 Å². The molecule has 0 saturated heterocycles. The number of hydrogen-bond donors (Lipinski definition) is 1. The smallest absolute Gasteiger partial charge is 0.122 e. The monoisotopic (exact) mass is 299 g/mol. The van der Waals surface area contributed by atoms with E-state index in [9.17, 15) is 0 Å². The molecular formula is C14H22BrNO. The summed E-state index contributed by atoms with van der Waals surface area (Å²) >= 11 is 3.46. The second-order valence-electron chi connectivity index (χ2n) is 4.26. The van der Waals surface area contributed by atoms with Crippen molar-refractivity contribution in [3.05, 3.63) is 28.2 Å². The van der Waals surface area contributed by atoms with Crippen molar-refractivity contribution < 1.29 is 4.74 Å². The molecule has 1 N–H and O–H groups in total. The number of rotatable bonds is 7. The number of nitrogens with one attached hydrogen (secondary N) is 1. The molecule has 0 saturated carbocycles. The van der Waals surface area contributed by atoms with E-state index in [1.165, 1.54) is 5.56 Å². The minimum absolute atomic E-state index is 0.251. The lowest BCUT2D eigenvalue weighted by molar-refractivity contribution is 0.192. The number of aryl methyl sites for hydroxylation is 1. The van der Waals surface area contributed by atoms with Crippen molar-refractivity contribution in [1.29, 1.82) is 0 Å². The summed E-state index contributed by atoms with van der Waals surface area (Å²) in [5, 5.41) is 3.40. The molecule has 0 aromatic heterocycles. The van der Waals surface area contributed by atoms with Crippen LogP contribution in [0.25, 0.3) is 0 Å². The Bertz CT molecular complexity index is 341. The summed E-state index contributed by atoms with van der Waals surface area (Å²) < 4.78 is 7.11. The number of hydrogen-bond acceptors (Lipinski definition) is 2. The van der Waals surface area contributed by atoms with Crippen molar-refractivity contribution in [1.82, 2.24) is 5.32 Å². The molecule has 0 spiro atoms. The maximum Gasteiger partial charge on any atom is 0.122 e. The van der Waals surface area contributed by atoms with Crippen LogP contribution in [0.1, 0.15) is 32.3 Å². The first kappa shape index (κ1) is 14.5. The largest absolute Gasteiger partial charge is 0.489 e. The minimum Gasteiger partial charge on any atom is -0.489 e. The van der Waals surface area contributed by atoms with Gasteiger partial charge in [0.05, 0.1) is 0 Å². The van der Waals surface area contributed by atoms with Gasteiger partial charge in [0.25, 0.3) is 0 Å². The highest BCUT2D eigenvalue weighted by atomic mass is 79.9. The first-order valence-electron chi connectivity index (χ1n) is 6.30. The second-order valence-corrected chi connectivity index (χ2v) is 5.18. The van der Waals surface area contributed by atoms with Gasteiger partial charge in [0, 0.05) is 11.0 Å². The fourth-order valence-electron chi connectivity index (χ4n) is 1.63. The molecule has 1 aromatic carbocycles. The van der Waals surface area contributed by atoms with E-state index in [0.29, 0.717) is 0 Å². The van der Waals surface area contributed by atoms with E-state index in [-0.39, 0.29) is 6.10 Å². The number of benzene rings is 1. The Hall–Kier alpha value is -0.540. The first-order chi connectivity index (χ1) is 8.17. The highest BCUT2D eigenvalue weighted by Crippen LogP contribution is 2.23. The topological polar surface area (TPSA) is 21.3 Å². The highest BCUT2D eigenvalue weighted by molar-refractivity contribution is 9.10. The van der Waals surface area contributed by atoms with E-state index in [2.05, 4.69) is 48.1 Å². The van der Waals surface area contributed by atoms with Gasteiger partial charge in [-0.15, -0.1) is 0 Å². The highest BCUT2D eigenvalue weighted by Gasteiger charge is 2.09. The molecule has 0 aliphatic carbocycles. The molecule has 0 aliphatic heterocycles. The Kier molecular flexibility index (Phi) is 6.60. The molecule has 17 heavy (non-hydrogen) atoms. The van der Waals surface area contributed by atoms with Gasteiger partial charge in [0.15, 0.2) is 0 Å². The molecule has 1 aromatic rings. The first-order valence-corrected chi connectivity index (χ1v) is 7.10. The average molecular weight is 300 g/mol. The summed E-state index contributed by atoms with van der Waals surface area (Å²) in [4.78, 5) is 0. The number of halogens is 1. The molecule has 3 heteroatoms. The maximum atomic E-state index is 6.01. The molecule has 0 bridgehead atoms. The van der Waals surface area contributed by atoms with Crippen molar-refractivity contribution in [2.75, 3.05) is 13.1 Å². The second kappa shape index (κ2) is 7.72. The SMILES string of the molecule is CCCNCC(CC)Oc1ccc(Br)cc1C. The van der Waals surface area contributed by atoms with Crippen molar-refractivity contribution in [3.63, 3.8) is 0 Å². The Morgan fingerprint density at radius 3 is 2.71 bits per heavy atom. The van der Waals surface area contributed by atoms with Gasteiger partial charge in [-0.25, -0.2) is 0 Å². The van der Waals surface area contributed by atoms with Crippen molar-refractivity contribution in [2.24, 2.45) is 0 Å². The molecule has 0 fully saturated rings. The van der Waals surface area contributed by atoms with Crippen molar-refractivity contribution in [2.45, 2.75) is 39.7 Å². The summed E-state index contributed by atoms with van der Waals surface area (Å²) in [5.41, 5.74) is 1.17. The Balaban J connectivity index is 2.54. The predicted octanol–water partition coefficient (Wildman–Crippen LogP) is 3.91. The third kappa shape index (κ3) is 5.09. The molecular weight excluding hydrogens is 278 g/mol. The Morgan fingerprint density at radius 1 is 1.35 bits per heavy atom. The van der Waals surface area contributed by atoms with E-state index in [0.717, 1.165) is 36.2 Å². The van der Waals surface area contributed by atoms with Crippen LogP contribution in [0, 0.1) is 6.92 Å². The van der Waals surface area contributed by atoms with Gasteiger partial charge in [0.1, 0.15) is 11.9 Å². The van der Waals surface area contributed by atoms with E-state index < -0.39 is 0 Å². The molecule has 0 heterocycles. The van der Waals surface area contributed by atoms with Crippen LogP contribution in [0.2, 0.25) is 0 Å². The lowest BCUT2D eigenvalue weighted by Gasteiger charge is -2.19. The van der Waals surface area contributed by atoms with Crippen LogP contribution in [0.4, 0.5) is 0 Å². The van der Waals surface area contributed by atoms with E-state index >= 15 is 0 Å². The van der Waals surface area contributed by atoms with Crippen LogP contribution >= 0.6 is 15.9 Å². The Morgan fingerprint density at radius 2 is 2.12 bits per heavy atom. The number of ether oxygens (including phenoxy) is 1. The third-order valence-corrected chi connectivity index (χ3v) is 3.18. The van der Waals surface area contributed by atoms with Crippen LogP contribution in [-0.4, -0.2) is 19.2 Å². The molecule has 1 rings (SSSR count). The normalized spacial score (nSPS) is 12.5. The standard InChI is InChI=1S/C14H22BrNO/c1-4-8-16-10-13(5-2)17-14-7-6-12(15)9-11(14)3/h6-7,9,13,16H,4-5,8,10H2,1-3H3. The van der Waals surface area contributed by atoms with Crippen molar-refractivity contribution in [3.8, 4) is 5.75 Å². The zero-order valence-electron chi connectivity index (χ0n) is 10.9. The molecule has 0 radical (unpaired) electrons. The van der Waals surface area contributed by atoms with Gasteiger partial charge in [-0.3, -0.25) is 0 Å². The summed E-state index contributed by atoms with van der Waals surface area (Å²) in [6.45, 7) is 8.38. The molecule has 2 nitrogen and oxygen atoms in total. The summed E-state index contributed by atoms with van der Waals surface area (Å²) in [6.07, 6.45) is 2.43. The van der Waals surface area contributed by atoms with Crippen LogP contribution in [0.3, 0.4) is 0 Å². The van der Waals surface area contributed by atoms with Crippen LogP contribution in [0.5, 0.6) is 5.75 Å². The van der Waals surface area contributed by atoms with Gasteiger partial charge in [-0.1, -0.05) is 29.8 Å². The van der Waals surface area contributed by atoms with Gasteiger partial charge >= 0.3 is 0 Å². The molecule has 1 unspecified atom stereocenters. The zero-order valence-corrected chi connectivity index (χ0v) is 12.5. The predicted molar refractivity (Wildman–Crippen MR) is 76.7 cm³/mol. The quantitative estimate of drug-likeness (QED) is 0.771. The summed E-state index contributed by atoms with van der Waals surface area (Å²) in [7, 11) is 0. The molecule has 1 atom stereocenters. The zero-order chi connectivity index (χ0) is 12.7. The van der Waals surface area contributed by atoms with Gasteiger partial charge in [-0.05, 0) is 50.1 Å². The van der Waals surface area contributed by atoms with Gasteiger partial charge in [-0.2, -0.15) is 0 Å².